The SMILES string of the molecule is O=Cc1cc(C(=O)C2CCC2)c[nH]1. The zero-order valence-electron chi connectivity index (χ0n) is 7.25. The van der Waals surface area contributed by atoms with E-state index in [1.807, 2.05) is 0 Å². The fraction of sp³-hybridized carbons (Fsp3) is 0.400. The maximum absolute atomic E-state index is 11.6. The van der Waals surface area contributed by atoms with Crippen molar-refractivity contribution in [1.29, 1.82) is 0 Å². The molecule has 3 nitrogen and oxygen atoms in total. The molecule has 1 N–H and O–H groups in total. The third-order valence-electron chi connectivity index (χ3n) is 2.59. The smallest absolute Gasteiger partial charge is 0.167 e. The number of hydrogen-bond acceptors (Lipinski definition) is 2. The summed E-state index contributed by atoms with van der Waals surface area (Å²) in [6, 6.07) is 1.62. The molecule has 0 unspecified atom stereocenters. The van der Waals surface area contributed by atoms with Crippen LogP contribution in [0.4, 0.5) is 0 Å². The molecule has 68 valence electrons. The molecule has 1 aliphatic rings. The minimum Gasteiger partial charge on any atom is -0.358 e. The highest BCUT2D eigenvalue weighted by Gasteiger charge is 2.26. The van der Waals surface area contributed by atoms with Crippen LogP contribution in [-0.2, 0) is 0 Å². The zero-order chi connectivity index (χ0) is 9.26. The molecule has 0 aliphatic heterocycles. The topological polar surface area (TPSA) is 49.9 Å². The Kier molecular flexibility index (Phi) is 2.00. The lowest BCUT2D eigenvalue weighted by Gasteiger charge is -2.22. The van der Waals surface area contributed by atoms with Crippen LogP contribution in [0.25, 0.3) is 0 Å². The number of carbonyl (C=O) groups is 2. The molecular formula is C10H11NO2. The van der Waals surface area contributed by atoms with E-state index in [2.05, 4.69) is 4.98 Å². The number of aromatic amines is 1. The number of carbonyl (C=O) groups excluding carboxylic acids is 2. The van der Waals surface area contributed by atoms with Crippen LogP contribution in [0.5, 0.6) is 0 Å². The third kappa shape index (κ3) is 1.41. The molecule has 1 heterocycles. The lowest BCUT2D eigenvalue weighted by molar-refractivity contribution is 0.0855. The molecule has 0 bridgehead atoms. The van der Waals surface area contributed by atoms with Crippen LogP contribution in [-0.4, -0.2) is 17.1 Å². The van der Waals surface area contributed by atoms with Gasteiger partial charge in [0.15, 0.2) is 12.1 Å². The fourth-order valence-corrected chi connectivity index (χ4v) is 1.53. The summed E-state index contributed by atoms with van der Waals surface area (Å²) in [5.41, 5.74) is 1.12. The lowest BCUT2D eigenvalue weighted by atomic mass is 9.80. The van der Waals surface area contributed by atoms with Gasteiger partial charge in [-0.2, -0.15) is 0 Å². The van der Waals surface area contributed by atoms with Crippen molar-refractivity contribution in [2.45, 2.75) is 19.3 Å². The molecule has 0 radical (unpaired) electrons. The summed E-state index contributed by atoms with van der Waals surface area (Å²) in [7, 11) is 0. The Morgan fingerprint density at radius 3 is 2.77 bits per heavy atom. The molecule has 3 heteroatoms. The predicted molar refractivity (Wildman–Crippen MR) is 47.9 cm³/mol. The van der Waals surface area contributed by atoms with Crippen LogP contribution < -0.4 is 0 Å². The van der Waals surface area contributed by atoms with Gasteiger partial charge in [-0.3, -0.25) is 9.59 Å². The Bertz CT molecular complexity index is 336. The number of Topliss-reactive ketones (excluding diaryl/α,β-unsaturated/α-hetero) is 1. The van der Waals surface area contributed by atoms with Crippen molar-refractivity contribution in [3.05, 3.63) is 23.5 Å². The van der Waals surface area contributed by atoms with E-state index in [-0.39, 0.29) is 11.7 Å². The van der Waals surface area contributed by atoms with E-state index >= 15 is 0 Å². The van der Waals surface area contributed by atoms with E-state index in [4.69, 9.17) is 0 Å². The van der Waals surface area contributed by atoms with Gasteiger partial charge in [0, 0.05) is 17.7 Å². The molecule has 0 atom stereocenters. The molecule has 13 heavy (non-hydrogen) atoms. The minimum atomic E-state index is 0.176. The second-order valence-corrected chi connectivity index (χ2v) is 3.45. The fourth-order valence-electron chi connectivity index (χ4n) is 1.53. The average molecular weight is 177 g/mol. The highest BCUT2D eigenvalue weighted by molar-refractivity contribution is 5.99. The predicted octanol–water partition coefficient (Wildman–Crippen LogP) is 1.81. The summed E-state index contributed by atoms with van der Waals surface area (Å²) in [6.07, 6.45) is 5.49. The summed E-state index contributed by atoms with van der Waals surface area (Å²) in [5.74, 6) is 0.380. The van der Waals surface area contributed by atoms with Gasteiger partial charge < -0.3 is 4.98 Å². The van der Waals surface area contributed by atoms with E-state index in [9.17, 15) is 9.59 Å². The summed E-state index contributed by atoms with van der Waals surface area (Å²) in [4.78, 5) is 24.7. The van der Waals surface area contributed by atoms with Gasteiger partial charge in [-0.25, -0.2) is 0 Å². The standard InChI is InChI=1S/C10H11NO2/c12-6-9-4-8(5-11-9)10(13)7-2-1-3-7/h4-7,11H,1-3H2. The Morgan fingerprint density at radius 2 is 2.31 bits per heavy atom. The Hall–Kier alpha value is -1.38. The molecule has 0 saturated heterocycles. The average Bonchev–Trinajstić information content (AvgIpc) is 2.48. The highest BCUT2D eigenvalue weighted by Crippen LogP contribution is 2.29. The zero-order valence-corrected chi connectivity index (χ0v) is 7.25. The maximum Gasteiger partial charge on any atom is 0.167 e. The van der Waals surface area contributed by atoms with Gasteiger partial charge in [0.1, 0.15) is 0 Å². The van der Waals surface area contributed by atoms with Gasteiger partial charge in [-0.15, -0.1) is 0 Å². The second-order valence-electron chi connectivity index (χ2n) is 3.45. The summed E-state index contributed by atoms with van der Waals surface area (Å²) >= 11 is 0. The van der Waals surface area contributed by atoms with Crippen molar-refractivity contribution >= 4 is 12.1 Å². The minimum absolute atomic E-state index is 0.176. The van der Waals surface area contributed by atoms with Crippen molar-refractivity contribution in [1.82, 2.24) is 4.98 Å². The van der Waals surface area contributed by atoms with E-state index in [0.29, 0.717) is 11.3 Å². The Morgan fingerprint density at radius 1 is 1.54 bits per heavy atom. The first-order chi connectivity index (χ1) is 6.31. The van der Waals surface area contributed by atoms with E-state index < -0.39 is 0 Å². The van der Waals surface area contributed by atoms with Gasteiger partial charge in [0.25, 0.3) is 0 Å². The van der Waals surface area contributed by atoms with Gasteiger partial charge in [-0.05, 0) is 18.9 Å². The molecule has 0 aromatic carbocycles. The number of aromatic nitrogens is 1. The quantitative estimate of drug-likeness (QED) is 0.565. The summed E-state index contributed by atoms with van der Waals surface area (Å²) in [6.45, 7) is 0. The first-order valence-electron chi connectivity index (χ1n) is 4.49. The molecule has 2 rings (SSSR count). The molecule has 1 fully saturated rings. The summed E-state index contributed by atoms with van der Waals surface area (Å²) < 4.78 is 0. The maximum atomic E-state index is 11.6. The van der Waals surface area contributed by atoms with Crippen molar-refractivity contribution < 1.29 is 9.59 Å². The highest BCUT2D eigenvalue weighted by atomic mass is 16.1. The largest absolute Gasteiger partial charge is 0.358 e. The molecule has 1 saturated carbocycles. The first-order valence-corrected chi connectivity index (χ1v) is 4.49. The molecule has 0 amide bonds. The number of aldehydes is 1. The first kappa shape index (κ1) is 8.23. The van der Waals surface area contributed by atoms with Crippen LogP contribution in [0, 0.1) is 5.92 Å². The van der Waals surface area contributed by atoms with Crippen molar-refractivity contribution in [3.8, 4) is 0 Å². The number of hydrogen-bond donors (Lipinski definition) is 1. The van der Waals surface area contributed by atoms with Crippen LogP contribution in [0.3, 0.4) is 0 Å². The molecule has 1 aromatic heterocycles. The monoisotopic (exact) mass is 177 g/mol. The third-order valence-corrected chi connectivity index (χ3v) is 2.59. The van der Waals surface area contributed by atoms with Gasteiger partial charge in [0.2, 0.25) is 0 Å². The van der Waals surface area contributed by atoms with Crippen molar-refractivity contribution in [3.63, 3.8) is 0 Å². The number of H-pyrrole nitrogens is 1. The van der Waals surface area contributed by atoms with Crippen LogP contribution >= 0.6 is 0 Å². The van der Waals surface area contributed by atoms with Crippen LogP contribution in [0.1, 0.15) is 40.1 Å². The number of ketones is 1. The molecular weight excluding hydrogens is 166 g/mol. The van der Waals surface area contributed by atoms with E-state index in [1.54, 1.807) is 12.3 Å². The summed E-state index contributed by atoms with van der Waals surface area (Å²) in [5, 5.41) is 0. The second kappa shape index (κ2) is 3.17. The molecule has 0 spiro atoms. The van der Waals surface area contributed by atoms with Gasteiger partial charge >= 0.3 is 0 Å². The van der Waals surface area contributed by atoms with Crippen molar-refractivity contribution in [2.75, 3.05) is 0 Å². The molecule has 1 aliphatic carbocycles. The molecule has 1 aromatic rings. The van der Waals surface area contributed by atoms with Crippen LogP contribution in [0.2, 0.25) is 0 Å². The lowest BCUT2D eigenvalue weighted by Crippen LogP contribution is -2.21. The Labute approximate surface area is 76.1 Å². The van der Waals surface area contributed by atoms with Gasteiger partial charge in [-0.1, -0.05) is 6.42 Å². The normalized spacial score (nSPS) is 16.6. The number of nitrogens with one attached hydrogen (secondary N) is 1. The van der Waals surface area contributed by atoms with Crippen LogP contribution in [0.15, 0.2) is 12.3 Å². The van der Waals surface area contributed by atoms with Crippen molar-refractivity contribution in [2.24, 2.45) is 5.92 Å². The number of rotatable bonds is 3. The van der Waals surface area contributed by atoms with E-state index in [1.165, 1.54) is 0 Å². The van der Waals surface area contributed by atoms with E-state index in [0.717, 1.165) is 25.5 Å². The van der Waals surface area contributed by atoms with Gasteiger partial charge in [0.05, 0.1) is 5.69 Å². The Balaban J connectivity index is 2.14.